The van der Waals surface area contributed by atoms with E-state index in [-0.39, 0.29) is 36.2 Å². The Morgan fingerprint density at radius 1 is 1.00 bits per heavy atom. The van der Waals surface area contributed by atoms with Gasteiger partial charge in [0, 0.05) is 64.1 Å². The van der Waals surface area contributed by atoms with Crippen molar-refractivity contribution in [2.45, 2.75) is 56.2 Å². The van der Waals surface area contributed by atoms with E-state index in [2.05, 4.69) is 20.1 Å². The highest BCUT2D eigenvalue weighted by Gasteiger charge is 2.43. The van der Waals surface area contributed by atoms with Crippen LogP contribution >= 0.6 is 0 Å². The summed E-state index contributed by atoms with van der Waals surface area (Å²) in [6, 6.07) is 8.45. The van der Waals surface area contributed by atoms with Gasteiger partial charge in [-0.25, -0.2) is 4.79 Å². The maximum absolute atomic E-state index is 14.0. The van der Waals surface area contributed by atoms with Gasteiger partial charge in [-0.2, -0.15) is 13.2 Å². The number of likely N-dealkylation sites (tertiary alicyclic amines) is 1. The quantitative estimate of drug-likeness (QED) is 0.279. The summed E-state index contributed by atoms with van der Waals surface area (Å²) in [5.41, 5.74) is 2.75. The van der Waals surface area contributed by atoms with Crippen molar-refractivity contribution in [1.82, 2.24) is 29.2 Å². The lowest BCUT2D eigenvalue weighted by atomic mass is 9.89. The summed E-state index contributed by atoms with van der Waals surface area (Å²) in [5, 5.41) is 9.35. The zero-order chi connectivity index (χ0) is 30.3. The maximum Gasteiger partial charge on any atom is 0.420 e. The van der Waals surface area contributed by atoms with Gasteiger partial charge in [-0.1, -0.05) is 12.1 Å². The number of aromatic nitrogens is 5. The van der Waals surface area contributed by atoms with Crippen molar-refractivity contribution >= 4 is 22.1 Å². The van der Waals surface area contributed by atoms with Crippen molar-refractivity contribution in [3.05, 3.63) is 52.7 Å². The van der Waals surface area contributed by atoms with E-state index in [0.29, 0.717) is 28.8 Å². The Kier molecular flexibility index (Phi) is 8.24. The summed E-state index contributed by atoms with van der Waals surface area (Å²) in [5.74, 6) is 0. The number of ether oxygens (including phenoxy) is 3. The molecule has 0 spiro atoms. The predicted molar refractivity (Wildman–Crippen MR) is 154 cm³/mol. The minimum atomic E-state index is -4.61. The number of aryl methyl sites for hydroxylation is 1. The second kappa shape index (κ2) is 11.9. The number of pyridine rings is 1. The number of rotatable bonds is 9. The van der Waals surface area contributed by atoms with Crippen molar-refractivity contribution < 1.29 is 27.4 Å². The second-order valence-corrected chi connectivity index (χ2v) is 11.3. The van der Waals surface area contributed by atoms with Crippen molar-refractivity contribution in [3.63, 3.8) is 0 Å². The number of piperidine rings is 1. The molecule has 4 aromatic rings. The molecule has 1 saturated carbocycles. The normalized spacial score (nSPS) is 21.0. The van der Waals surface area contributed by atoms with Gasteiger partial charge in [0.05, 0.1) is 30.0 Å². The highest BCUT2D eigenvalue weighted by atomic mass is 19.4. The lowest BCUT2D eigenvalue weighted by molar-refractivity contribution is -0.226. The minimum absolute atomic E-state index is 0.0188. The van der Waals surface area contributed by atoms with Gasteiger partial charge in [0.1, 0.15) is 5.52 Å². The molecule has 0 radical (unpaired) electrons. The molecule has 0 N–H and O–H groups in total. The Morgan fingerprint density at radius 2 is 1.72 bits per heavy atom. The maximum atomic E-state index is 14.0. The third-order valence-electron chi connectivity index (χ3n) is 8.78. The number of hydrogen-bond donors (Lipinski definition) is 0. The number of methoxy groups -OCH3 is 2. The Bertz CT molecular complexity index is 1640. The van der Waals surface area contributed by atoms with Crippen LogP contribution in [0.5, 0.6) is 0 Å². The number of halogens is 3. The molecule has 1 aromatic carbocycles. The second-order valence-electron chi connectivity index (χ2n) is 11.3. The lowest BCUT2D eigenvalue weighted by Crippen LogP contribution is -2.39. The van der Waals surface area contributed by atoms with Gasteiger partial charge >= 0.3 is 11.9 Å². The van der Waals surface area contributed by atoms with E-state index in [0.717, 1.165) is 49.7 Å². The molecule has 230 valence electrons. The smallest absolute Gasteiger partial charge is 0.381 e. The number of alkyl halides is 3. The fourth-order valence-corrected chi connectivity index (χ4v) is 6.10. The largest absolute Gasteiger partial charge is 0.420 e. The van der Waals surface area contributed by atoms with Crippen LogP contribution in [-0.2, 0) is 21.3 Å². The van der Waals surface area contributed by atoms with Crippen molar-refractivity contribution in [1.29, 1.82) is 0 Å². The van der Waals surface area contributed by atoms with Crippen LogP contribution in [0, 0.1) is 0 Å². The summed E-state index contributed by atoms with van der Waals surface area (Å²) < 4.78 is 61.4. The molecule has 2 aliphatic rings. The van der Waals surface area contributed by atoms with E-state index in [4.69, 9.17) is 14.2 Å². The molecule has 1 atom stereocenters. The molecule has 1 unspecified atom stereocenters. The molecule has 10 nitrogen and oxygen atoms in total. The summed E-state index contributed by atoms with van der Waals surface area (Å²) in [6.07, 6.45) is -1.85. The van der Waals surface area contributed by atoms with Crippen molar-refractivity contribution in [3.8, 4) is 11.1 Å². The molecule has 1 aliphatic carbocycles. The molecule has 1 saturated heterocycles. The van der Waals surface area contributed by atoms with E-state index in [9.17, 15) is 18.0 Å². The van der Waals surface area contributed by atoms with Gasteiger partial charge in [0.25, 0.3) is 0 Å². The Morgan fingerprint density at radius 3 is 2.37 bits per heavy atom. The van der Waals surface area contributed by atoms with Gasteiger partial charge in [-0.3, -0.25) is 14.1 Å². The number of imidazole rings is 1. The van der Waals surface area contributed by atoms with Gasteiger partial charge in [-0.05, 0) is 49.4 Å². The molecular formula is C30H35F3N6O4. The molecular weight excluding hydrogens is 565 g/mol. The molecule has 0 bridgehead atoms. The number of benzene rings is 1. The van der Waals surface area contributed by atoms with Gasteiger partial charge < -0.3 is 19.1 Å². The van der Waals surface area contributed by atoms with Crippen molar-refractivity contribution in [2.24, 2.45) is 7.05 Å². The molecule has 4 heterocycles. The van der Waals surface area contributed by atoms with Crippen LogP contribution in [0.1, 0.15) is 43.5 Å². The van der Waals surface area contributed by atoms with E-state index in [1.54, 1.807) is 38.0 Å². The topological polar surface area (TPSA) is 96.5 Å². The summed E-state index contributed by atoms with van der Waals surface area (Å²) in [4.78, 5) is 19.5. The SMILES string of the molecule is COC1CCN(CCOC(c2ccc(-c3ccc4nnc5c(c4c3)n(C3CC(OC)C3)c(=O)n5C)cn2)C(F)(F)F)CC1. The fourth-order valence-electron chi connectivity index (χ4n) is 6.10. The molecule has 1 aliphatic heterocycles. The molecule has 13 heteroatoms. The first-order valence-corrected chi connectivity index (χ1v) is 14.5. The molecule has 43 heavy (non-hydrogen) atoms. The van der Waals surface area contributed by atoms with Gasteiger partial charge in [0.2, 0.25) is 0 Å². The average molecular weight is 601 g/mol. The first kappa shape index (κ1) is 29.7. The summed E-state index contributed by atoms with van der Waals surface area (Å²) in [6.45, 7) is 1.89. The van der Waals surface area contributed by atoms with E-state index >= 15 is 0 Å². The zero-order valence-corrected chi connectivity index (χ0v) is 24.4. The Labute approximate surface area is 246 Å². The van der Waals surface area contributed by atoms with Crippen molar-refractivity contribution in [2.75, 3.05) is 40.5 Å². The Balaban J connectivity index is 1.24. The number of fused-ring (bicyclic) bond motifs is 3. The van der Waals surface area contributed by atoms with Crippen LogP contribution < -0.4 is 5.69 Å². The molecule has 6 rings (SSSR count). The zero-order valence-electron chi connectivity index (χ0n) is 24.4. The van der Waals surface area contributed by atoms with Crippen LogP contribution in [0.4, 0.5) is 13.2 Å². The predicted octanol–water partition coefficient (Wildman–Crippen LogP) is 4.43. The number of nitrogens with zero attached hydrogens (tertiary/aromatic N) is 6. The monoisotopic (exact) mass is 600 g/mol. The van der Waals surface area contributed by atoms with Crippen LogP contribution in [-0.4, -0.2) is 88.1 Å². The van der Waals surface area contributed by atoms with Crippen LogP contribution in [0.25, 0.3) is 33.2 Å². The Hall–Kier alpha value is -3.39. The fraction of sp³-hybridized carbons (Fsp3) is 0.533. The lowest BCUT2D eigenvalue weighted by Gasteiger charge is -2.34. The average Bonchev–Trinajstić information content (AvgIpc) is 3.24. The van der Waals surface area contributed by atoms with Crippen LogP contribution in [0.15, 0.2) is 41.3 Å². The molecule has 0 amide bonds. The summed E-state index contributed by atoms with van der Waals surface area (Å²) >= 11 is 0. The third-order valence-corrected chi connectivity index (χ3v) is 8.78. The minimum Gasteiger partial charge on any atom is -0.381 e. The van der Waals surface area contributed by atoms with Gasteiger partial charge in [0.15, 0.2) is 11.8 Å². The first-order valence-electron chi connectivity index (χ1n) is 14.5. The standard InChI is InChI=1S/C30H35F3N6O4/c1-37-28-26(39(29(37)40)20-15-22(16-20)42-3)23-14-18(4-6-24(23)35-36-28)19-5-7-25(34-17-19)27(30(31,32)33)43-13-12-38-10-8-21(41-2)9-11-38/h4-7,14,17,20-22,27H,8-13,15-16H2,1-3H3. The van der Waals surface area contributed by atoms with E-state index in [1.165, 1.54) is 16.8 Å². The summed E-state index contributed by atoms with van der Waals surface area (Å²) in [7, 11) is 5.01. The van der Waals surface area contributed by atoms with Gasteiger partial charge in [-0.15, -0.1) is 10.2 Å². The molecule has 3 aromatic heterocycles. The molecule has 2 fully saturated rings. The third kappa shape index (κ3) is 5.78. The number of hydrogen-bond acceptors (Lipinski definition) is 8. The van der Waals surface area contributed by atoms with Crippen LogP contribution in [0.2, 0.25) is 0 Å². The van der Waals surface area contributed by atoms with Crippen LogP contribution in [0.3, 0.4) is 0 Å². The first-order chi connectivity index (χ1) is 20.7. The highest BCUT2D eigenvalue weighted by molar-refractivity contribution is 6.02. The van der Waals surface area contributed by atoms with E-state index in [1.807, 2.05) is 12.1 Å². The highest BCUT2D eigenvalue weighted by Crippen LogP contribution is 2.38. The van der Waals surface area contributed by atoms with E-state index < -0.39 is 12.3 Å².